The maximum Gasteiger partial charge on any atom is 0.313 e. The lowest BCUT2D eigenvalue weighted by Crippen LogP contribution is -2.14. The van der Waals surface area contributed by atoms with Crippen molar-refractivity contribution >= 4 is 38.3 Å². The summed E-state index contributed by atoms with van der Waals surface area (Å²) >= 11 is 0. The third-order valence-corrected chi connectivity index (χ3v) is 6.06. The van der Waals surface area contributed by atoms with Gasteiger partial charge in [0, 0.05) is 11.5 Å². The summed E-state index contributed by atoms with van der Waals surface area (Å²) in [7, 11) is 2.94. The zero-order chi connectivity index (χ0) is 18.9. The van der Waals surface area contributed by atoms with E-state index in [1.165, 1.54) is 27.2 Å². The predicted octanol–water partition coefficient (Wildman–Crippen LogP) is 4.38. The minimum absolute atomic E-state index is 0.0585. The number of hydrogen-bond acceptors (Lipinski definition) is 7. The first-order chi connectivity index (χ1) is 12.5. The van der Waals surface area contributed by atoms with Gasteiger partial charge >= 0.3 is 5.97 Å². The maximum atomic E-state index is 12.2. The van der Waals surface area contributed by atoms with Crippen molar-refractivity contribution in [2.45, 2.75) is 19.8 Å². The highest BCUT2D eigenvalue weighted by molar-refractivity contribution is 8.76. The number of rotatable bonds is 10. The molecular weight excluding hydrogens is 374 g/mol. The second kappa shape index (κ2) is 10.3. The summed E-state index contributed by atoms with van der Waals surface area (Å²) in [6.07, 6.45) is 0. The quantitative estimate of drug-likeness (QED) is 0.194. The average molecular weight is 396 g/mol. The fraction of sp³-hybridized carbons (Fsp3) is 0.389. The molecule has 0 radical (unpaired) electrons. The van der Waals surface area contributed by atoms with Crippen LogP contribution < -0.4 is 0 Å². The molecule has 0 fully saturated rings. The number of carbonyl (C=O) groups excluding carboxylic acids is 1. The van der Waals surface area contributed by atoms with Crippen molar-refractivity contribution in [3.63, 3.8) is 0 Å². The molecule has 0 spiro atoms. The van der Waals surface area contributed by atoms with Crippen LogP contribution in [0.25, 0.3) is 10.8 Å². The highest BCUT2D eigenvalue weighted by Gasteiger charge is 2.17. The van der Waals surface area contributed by atoms with Crippen LogP contribution >= 0.6 is 21.6 Å². The van der Waals surface area contributed by atoms with E-state index in [-0.39, 0.29) is 18.5 Å². The first-order valence-corrected chi connectivity index (χ1v) is 10.6. The largest absolute Gasteiger partial charge is 0.464 e. The normalized spacial score (nSPS) is 11.9. The summed E-state index contributed by atoms with van der Waals surface area (Å²) in [5, 5.41) is 11.4. The van der Waals surface area contributed by atoms with Gasteiger partial charge in [-0.05, 0) is 30.2 Å². The third-order valence-electron chi connectivity index (χ3n) is 3.73. The SMILES string of the molecule is Cc1ccc2cc(C(C)C(=O)OCCSSCCO[N+](=O)[O-])ccc2c1. The lowest BCUT2D eigenvalue weighted by atomic mass is 9.97. The minimum Gasteiger partial charge on any atom is -0.464 e. The molecule has 0 heterocycles. The molecule has 0 saturated carbocycles. The van der Waals surface area contributed by atoms with E-state index in [4.69, 9.17) is 4.74 Å². The van der Waals surface area contributed by atoms with Gasteiger partial charge in [0.15, 0.2) is 0 Å². The van der Waals surface area contributed by atoms with Crippen molar-refractivity contribution in [2.75, 3.05) is 24.7 Å². The van der Waals surface area contributed by atoms with Crippen molar-refractivity contribution in [3.8, 4) is 0 Å². The van der Waals surface area contributed by atoms with Crippen molar-refractivity contribution in [1.29, 1.82) is 0 Å². The molecule has 2 aromatic rings. The summed E-state index contributed by atoms with van der Waals surface area (Å²) in [5.41, 5.74) is 2.14. The van der Waals surface area contributed by atoms with Gasteiger partial charge in [-0.1, -0.05) is 63.5 Å². The monoisotopic (exact) mass is 395 g/mol. The van der Waals surface area contributed by atoms with Crippen LogP contribution in [0.3, 0.4) is 0 Å². The van der Waals surface area contributed by atoms with Crippen LogP contribution in [0, 0.1) is 17.0 Å². The van der Waals surface area contributed by atoms with Gasteiger partial charge in [-0.15, -0.1) is 10.1 Å². The number of fused-ring (bicyclic) bond motifs is 1. The fourth-order valence-corrected chi connectivity index (χ4v) is 4.00. The number of esters is 1. The van der Waals surface area contributed by atoms with Gasteiger partial charge in [0.25, 0.3) is 5.09 Å². The molecule has 1 unspecified atom stereocenters. The van der Waals surface area contributed by atoms with Crippen LogP contribution in [0.1, 0.15) is 24.0 Å². The Morgan fingerprint density at radius 1 is 1.12 bits per heavy atom. The first kappa shape index (κ1) is 20.4. The Balaban J connectivity index is 1.73. The van der Waals surface area contributed by atoms with Gasteiger partial charge in [-0.3, -0.25) is 4.79 Å². The Hall–Kier alpha value is -1.93. The maximum absolute atomic E-state index is 12.2. The molecule has 0 saturated heterocycles. The fourth-order valence-electron chi connectivity index (χ4n) is 2.35. The molecule has 140 valence electrons. The van der Waals surface area contributed by atoms with Gasteiger partial charge in [0.2, 0.25) is 0 Å². The standard InChI is InChI=1S/C18H21NO5S2/c1-13-3-4-17-12-15(5-6-16(17)11-13)14(2)18(20)23-7-9-25-26-10-8-24-19(21)22/h3-6,11-12,14H,7-10H2,1-2H3. The van der Waals surface area contributed by atoms with E-state index in [2.05, 4.69) is 30.0 Å². The van der Waals surface area contributed by atoms with Gasteiger partial charge in [-0.25, -0.2) is 0 Å². The van der Waals surface area contributed by atoms with Crippen molar-refractivity contribution in [2.24, 2.45) is 0 Å². The van der Waals surface area contributed by atoms with Gasteiger partial charge in [0.1, 0.15) is 13.2 Å². The Bertz CT molecular complexity index is 768. The second-order valence-corrected chi connectivity index (χ2v) is 8.40. The van der Waals surface area contributed by atoms with E-state index >= 15 is 0 Å². The van der Waals surface area contributed by atoms with Crippen molar-refractivity contribution in [3.05, 3.63) is 57.6 Å². The Labute approximate surface area is 160 Å². The Kier molecular flexibility index (Phi) is 8.06. The molecule has 0 aliphatic rings. The van der Waals surface area contributed by atoms with Gasteiger partial charge in [0.05, 0.1) is 5.92 Å². The number of ether oxygens (including phenoxy) is 1. The topological polar surface area (TPSA) is 78.7 Å². The minimum atomic E-state index is -0.803. The molecule has 1 atom stereocenters. The molecule has 2 aromatic carbocycles. The highest BCUT2D eigenvalue weighted by Crippen LogP contribution is 2.24. The summed E-state index contributed by atoms with van der Waals surface area (Å²) in [6.45, 7) is 4.26. The van der Waals surface area contributed by atoms with Crippen LogP contribution in [-0.2, 0) is 14.4 Å². The average Bonchev–Trinajstić information content (AvgIpc) is 2.62. The number of hydrogen-bond donors (Lipinski definition) is 0. The second-order valence-electron chi connectivity index (χ2n) is 5.70. The molecule has 0 N–H and O–H groups in total. The highest BCUT2D eigenvalue weighted by atomic mass is 33.1. The molecule has 6 nitrogen and oxygen atoms in total. The zero-order valence-corrected chi connectivity index (χ0v) is 16.3. The summed E-state index contributed by atoms with van der Waals surface area (Å²) in [4.78, 5) is 26.4. The predicted molar refractivity (Wildman–Crippen MR) is 106 cm³/mol. The first-order valence-electron chi connectivity index (χ1n) is 8.16. The Morgan fingerprint density at radius 2 is 1.77 bits per heavy atom. The van der Waals surface area contributed by atoms with E-state index in [1.807, 2.05) is 25.1 Å². The number of carbonyl (C=O) groups is 1. The van der Waals surface area contributed by atoms with Gasteiger partial charge in [-0.2, -0.15) is 0 Å². The summed E-state index contributed by atoms with van der Waals surface area (Å²) in [5.74, 6) is 0.552. The molecule has 0 bridgehead atoms. The van der Waals surface area contributed by atoms with E-state index < -0.39 is 5.09 Å². The van der Waals surface area contributed by atoms with Gasteiger partial charge < -0.3 is 9.57 Å². The van der Waals surface area contributed by atoms with Crippen molar-refractivity contribution in [1.82, 2.24) is 0 Å². The number of benzene rings is 2. The number of nitrogens with zero attached hydrogens (tertiary/aromatic N) is 1. The van der Waals surface area contributed by atoms with E-state index in [9.17, 15) is 14.9 Å². The van der Waals surface area contributed by atoms with E-state index in [0.29, 0.717) is 18.1 Å². The van der Waals surface area contributed by atoms with Crippen molar-refractivity contribution < 1.29 is 19.5 Å². The molecule has 26 heavy (non-hydrogen) atoms. The molecule has 0 aromatic heterocycles. The lowest BCUT2D eigenvalue weighted by molar-refractivity contribution is -0.756. The number of aryl methyl sites for hydroxylation is 1. The third kappa shape index (κ3) is 6.42. The van der Waals surface area contributed by atoms with Crippen LogP contribution in [0.15, 0.2) is 36.4 Å². The lowest BCUT2D eigenvalue weighted by Gasteiger charge is -2.13. The van der Waals surface area contributed by atoms with Crippen LogP contribution in [0.2, 0.25) is 0 Å². The summed E-state index contributed by atoms with van der Waals surface area (Å²) < 4.78 is 5.32. The van der Waals surface area contributed by atoms with Crippen LogP contribution in [-0.4, -0.2) is 35.8 Å². The molecule has 2 rings (SSSR count). The molecule has 0 amide bonds. The smallest absolute Gasteiger partial charge is 0.313 e. The zero-order valence-electron chi connectivity index (χ0n) is 14.7. The summed E-state index contributed by atoms with van der Waals surface area (Å²) in [6, 6.07) is 12.3. The molecule has 0 aliphatic carbocycles. The Morgan fingerprint density at radius 3 is 2.50 bits per heavy atom. The van der Waals surface area contributed by atoms with E-state index in [0.717, 1.165) is 16.3 Å². The molecule has 0 aliphatic heterocycles. The van der Waals surface area contributed by atoms with Crippen LogP contribution in [0.4, 0.5) is 0 Å². The molecular formula is C18H21NO5S2. The van der Waals surface area contributed by atoms with E-state index in [1.54, 1.807) is 0 Å². The molecule has 8 heteroatoms. The van der Waals surface area contributed by atoms with Crippen LogP contribution in [0.5, 0.6) is 0 Å².